The van der Waals surface area contributed by atoms with Crippen molar-refractivity contribution in [3.05, 3.63) is 35.3 Å². The van der Waals surface area contributed by atoms with E-state index in [1.165, 1.54) is 13.4 Å². The molecule has 2 heterocycles. The maximum atomic E-state index is 9.46. The number of imidazole rings is 1. The molecule has 0 aliphatic rings. The van der Waals surface area contributed by atoms with Gasteiger partial charge in [-0.2, -0.15) is 4.98 Å². The molecule has 0 aromatic carbocycles. The molecule has 0 aliphatic heterocycles. The van der Waals surface area contributed by atoms with Crippen LogP contribution in [0.4, 0.5) is 0 Å². The Morgan fingerprint density at radius 1 is 1.47 bits per heavy atom. The van der Waals surface area contributed by atoms with Crippen LogP contribution in [-0.2, 0) is 4.74 Å². The molecule has 7 heteroatoms. The second-order valence-electron chi connectivity index (χ2n) is 3.44. The van der Waals surface area contributed by atoms with Gasteiger partial charge >= 0.3 is 0 Å². The molecule has 0 bridgehead atoms. The van der Waals surface area contributed by atoms with Crippen LogP contribution in [0.5, 0.6) is 0 Å². The average molecular weight is 255 g/mol. The van der Waals surface area contributed by atoms with Crippen molar-refractivity contribution in [2.24, 2.45) is 0 Å². The Kier molecular flexibility index (Phi) is 3.37. The van der Waals surface area contributed by atoms with Gasteiger partial charge in [0.2, 0.25) is 5.28 Å². The molecule has 17 heavy (non-hydrogen) atoms. The summed E-state index contributed by atoms with van der Waals surface area (Å²) >= 11 is 5.73. The minimum Gasteiger partial charge on any atom is -0.363 e. The highest BCUT2D eigenvalue weighted by molar-refractivity contribution is 6.28. The first-order valence-corrected chi connectivity index (χ1v) is 5.24. The van der Waals surface area contributed by atoms with Crippen LogP contribution in [0.25, 0.3) is 5.82 Å². The van der Waals surface area contributed by atoms with E-state index in [-0.39, 0.29) is 5.28 Å². The number of methoxy groups -OCH3 is 1. The summed E-state index contributed by atoms with van der Waals surface area (Å²) in [5, 5.41) is 9.62. The molecule has 90 valence electrons. The summed E-state index contributed by atoms with van der Waals surface area (Å²) in [5.41, 5.74) is 1.26. The largest absolute Gasteiger partial charge is 0.363 e. The first-order valence-electron chi connectivity index (χ1n) is 4.86. The van der Waals surface area contributed by atoms with E-state index in [4.69, 9.17) is 16.3 Å². The fraction of sp³-hybridized carbons (Fsp3) is 0.300. The van der Waals surface area contributed by atoms with E-state index < -0.39 is 6.29 Å². The van der Waals surface area contributed by atoms with Crippen LogP contribution in [0.1, 0.15) is 17.5 Å². The molecule has 0 amide bonds. The predicted octanol–water partition coefficient (Wildman–Crippen LogP) is 1.26. The Hall–Kier alpha value is -1.50. The number of rotatable bonds is 3. The minimum absolute atomic E-state index is 0.160. The zero-order valence-electron chi connectivity index (χ0n) is 9.33. The fourth-order valence-corrected chi connectivity index (χ4v) is 1.50. The van der Waals surface area contributed by atoms with Gasteiger partial charge in [0.05, 0.1) is 0 Å². The summed E-state index contributed by atoms with van der Waals surface area (Å²) < 4.78 is 6.41. The third-order valence-corrected chi connectivity index (χ3v) is 2.42. The van der Waals surface area contributed by atoms with Gasteiger partial charge in [0.1, 0.15) is 17.8 Å². The Bertz CT molecular complexity index is 529. The minimum atomic E-state index is -1.05. The molecule has 0 spiro atoms. The van der Waals surface area contributed by atoms with Crippen molar-refractivity contribution in [3.8, 4) is 5.82 Å². The highest BCUT2D eigenvalue weighted by Crippen LogP contribution is 2.16. The monoisotopic (exact) mass is 254 g/mol. The van der Waals surface area contributed by atoms with Crippen LogP contribution in [0.15, 0.2) is 18.7 Å². The van der Waals surface area contributed by atoms with Crippen molar-refractivity contribution >= 4 is 11.6 Å². The van der Waals surface area contributed by atoms with Crippen molar-refractivity contribution in [2.75, 3.05) is 7.11 Å². The number of aliphatic hydroxyl groups excluding tert-OH is 1. The molecule has 1 N–H and O–H groups in total. The van der Waals surface area contributed by atoms with Crippen LogP contribution in [0.3, 0.4) is 0 Å². The molecule has 2 aromatic heterocycles. The van der Waals surface area contributed by atoms with E-state index in [9.17, 15) is 5.11 Å². The molecular formula is C10H11ClN4O2. The van der Waals surface area contributed by atoms with Gasteiger partial charge in [-0.15, -0.1) is 0 Å². The van der Waals surface area contributed by atoms with Gasteiger partial charge < -0.3 is 9.84 Å². The average Bonchev–Trinajstić information content (AvgIpc) is 2.80. The van der Waals surface area contributed by atoms with Crippen LogP contribution in [0, 0.1) is 6.92 Å². The Morgan fingerprint density at radius 2 is 2.24 bits per heavy atom. The molecule has 0 aliphatic carbocycles. The van der Waals surface area contributed by atoms with Gasteiger partial charge in [0.15, 0.2) is 6.29 Å². The lowest BCUT2D eigenvalue weighted by Crippen LogP contribution is -2.01. The third kappa shape index (κ3) is 2.44. The van der Waals surface area contributed by atoms with Gasteiger partial charge in [0.25, 0.3) is 0 Å². The lowest BCUT2D eigenvalue weighted by atomic mass is 10.3. The maximum absolute atomic E-state index is 9.46. The molecular weight excluding hydrogens is 244 g/mol. The zero-order valence-corrected chi connectivity index (χ0v) is 10.1. The number of aliphatic hydroxyl groups is 1. The topological polar surface area (TPSA) is 73.1 Å². The van der Waals surface area contributed by atoms with Crippen molar-refractivity contribution in [2.45, 2.75) is 13.2 Å². The molecule has 2 aromatic rings. The second kappa shape index (κ2) is 4.79. The number of halogens is 1. The molecule has 0 saturated carbocycles. The second-order valence-corrected chi connectivity index (χ2v) is 3.78. The molecule has 1 unspecified atom stereocenters. The molecule has 0 saturated heterocycles. The quantitative estimate of drug-likeness (QED) is 0.659. The summed E-state index contributed by atoms with van der Waals surface area (Å²) in [5.74, 6) is 0.618. The third-order valence-electron chi connectivity index (χ3n) is 2.24. The number of aromatic nitrogens is 4. The van der Waals surface area contributed by atoms with Crippen LogP contribution < -0.4 is 0 Å². The lowest BCUT2D eigenvalue weighted by molar-refractivity contribution is -0.0796. The van der Waals surface area contributed by atoms with Gasteiger partial charge in [-0.1, -0.05) is 0 Å². The van der Waals surface area contributed by atoms with E-state index in [2.05, 4.69) is 15.0 Å². The van der Waals surface area contributed by atoms with Gasteiger partial charge in [-0.3, -0.25) is 4.57 Å². The molecule has 1 atom stereocenters. The first kappa shape index (κ1) is 12.0. The zero-order chi connectivity index (χ0) is 12.4. The normalized spacial score (nSPS) is 12.7. The van der Waals surface area contributed by atoms with Gasteiger partial charge in [-0.25, -0.2) is 9.97 Å². The van der Waals surface area contributed by atoms with Crippen LogP contribution >= 0.6 is 11.6 Å². The summed E-state index contributed by atoms with van der Waals surface area (Å²) in [6, 6.07) is 0. The Morgan fingerprint density at radius 3 is 2.94 bits per heavy atom. The van der Waals surface area contributed by atoms with Gasteiger partial charge in [-0.05, 0) is 18.5 Å². The summed E-state index contributed by atoms with van der Waals surface area (Å²) in [7, 11) is 1.40. The molecule has 6 nitrogen and oxygen atoms in total. The van der Waals surface area contributed by atoms with Crippen molar-refractivity contribution in [1.29, 1.82) is 0 Å². The number of hydrogen-bond donors (Lipinski definition) is 1. The SMILES string of the molecule is COC(O)c1cn(-c2nc(Cl)ncc2C)cn1. The van der Waals surface area contributed by atoms with E-state index in [0.29, 0.717) is 11.5 Å². The highest BCUT2D eigenvalue weighted by Gasteiger charge is 2.12. The smallest absolute Gasteiger partial charge is 0.224 e. The van der Waals surface area contributed by atoms with E-state index in [0.717, 1.165) is 5.56 Å². The summed E-state index contributed by atoms with van der Waals surface area (Å²) in [6.45, 7) is 1.86. The van der Waals surface area contributed by atoms with Crippen LogP contribution in [-0.4, -0.2) is 31.7 Å². The van der Waals surface area contributed by atoms with E-state index in [1.807, 2.05) is 6.92 Å². The molecule has 2 rings (SSSR count). The van der Waals surface area contributed by atoms with Gasteiger partial charge in [0, 0.05) is 25.1 Å². The van der Waals surface area contributed by atoms with E-state index >= 15 is 0 Å². The van der Waals surface area contributed by atoms with Crippen molar-refractivity contribution in [1.82, 2.24) is 19.5 Å². The summed E-state index contributed by atoms with van der Waals surface area (Å²) in [6.07, 6.45) is 3.73. The van der Waals surface area contributed by atoms with Crippen molar-refractivity contribution < 1.29 is 9.84 Å². The number of ether oxygens (including phenoxy) is 1. The number of aryl methyl sites for hydroxylation is 1. The predicted molar refractivity (Wildman–Crippen MR) is 60.9 cm³/mol. The van der Waals surface area contributed by atoms with Crippen LogP contribution in [0.2, 0.25) is 5.28 Å². The fourth-order valence-electron chi connectivity index (χ4n) is 1.38. The lowest BCUT2D eigenvalue weighted by Gasteiger charge is -2.05. The summed E-state index contributed by atoms with van der Waals surface area (Å²) in [4.78, 5) is 12.0. The standard InChI is InChI=1S/C10H11ClN4O2/c1-6-3-12-10(11)14-8(6)15-4-7(13-5-15)9(16)17-2/h3-5,9,16H,1-2H3. The highest BCUT2D eigenvalue weighted by atomic mass is 35.5. The van der Waals surface area contributed by atoms with Crippen molar-refractivity contribution in [3.63, 3.8) is 0 Å². The van der Waals surface area contributed by atoms with E-state index in [1.54, 1.807) is 17.0 Å². The first-order chi connectivity index (χ1) is 8.11. The number of hydrogen-bond acceptors (Lipinski definition) is 5. The molecule has 0 fully saturated rings. The Labute approximate surface area is 103 Å². The number of nitrogens with zero attached hydrogens (tertiary/aromatic N) is 4. The molecule has 0 radical (unpaired) electrons. The maximum Gasteiger partial charge on any atom is 0.224 e. The Balaban J connectivity index is 2.40.